The van der Waals surface area contributed by atoms with Crippen molar-refractivity contribution < 1.29 is 23.4 Å². The lowest BCUT2D eigenvalue weighted by Crippen LogP contribution is -2.16. The molecular weight excluding hydrogens is 444 g/mol. The van der Waals surface area contributed by atoms with Gasteiger partial charge in [-0.25, -0.2) is 4.79 Å². The number of aryl methyl sites for hydroxylation is 1. The van der Waals surface area contributed by atoms with E-state index >= 15 is 0 Å². The van der Waals surface area contributed by atoms with Crippen molar-refractivity contribution in [2.75, 3.05) is 14.2 Å². The van der Waals surface area contributed by atoms with Crippen molar-refractivity contribution in [3.05, 3.63) is 93.3 Å². The van der Waals surface area contributed by atoms with Crippen LogP contribution < -0.4 is 24.6 Å². The van der Waals surface area contributed by atoms with E-state index in [-0.39, 0.29) is 12.2 Å². The second-order valence-electron chi connectivity index (χ2n) is 8.60. The maximum atomic E-state index is 12.9. The lowest BCUT2D eigenvalue weighted by molar-refractivity contribution is 0.254. The Morgan fingerprint density at radius 3 is 2.06 bits per heavy atom. The van der Waals surface area contributed by atoms with E-state index in [1.165, 1.54) is 0 Å². The van der Waals surface area contributed by atoms with Crippen LogP contribution in [0.1, 0.15) is 35.1 Å². The fraction of sp³-hybridized carbons (Fsp3) is 0.276. The zero-order chi connectivity index (χ0) is 24.2. The predicted molar refractivity (Wildman–Crippen MR) is 134 cm³/mol. The van der Waals surface area contributed by atoms with Gasteiger partial charge in [-0.2, -0.15) is 0 Å². The minimum Gasteiger partial charge on any atom is -0.497 e. The van der Waals surface area contributed by atoms with Crippen LogP contribution in [-0.4, -0.2) is 14.2 Å². The minimum atomic E-state index is -0.289. The summed E-state index contributed by atoms with van der Waals surface area (Å²) in [6.07, 6.45) is 3.67. The van der Waals surface area contributed by atoms with Crippen molar-refractivity contribution in [2.45, 2.75) is 38.9 Å². The number of hydrogen-bond donors (Lipinski definition) is 0. The molecule has 180 valence electrons. The molecule has 1 heterocycles. The Morgan fingerprint density at radius 1 is 0.771 bits per heavy atom. The highest BCUT2D eigenvalue weighted by atomic mass is 16.5. The van der Waals surface area contributed by atoms with Gasteiger partial charge in [0, 0.05) is 10.9 Å². The second kappa shape index (κ2) is 10.1. The van der Waals surface area contributed by atoms with Crippen molar-refractivity contribution in [3.8, 4) is 23.0 Å². The van der Waals surface area contributed by atoms with Gasteiger partial charge >= 0.3 is 5.63 Å². The van der Waals surface area contributed by atoms with Crippen LogP contribution in [0.2, 0.25) is 0 Å². The summed E-state index contributed by atoms with van der Waals surface area (Å²) in [6.45, 7) is 0.583. The maximum absolute atomic E-state index is 12.9. The van der Waals surface area contributed by atoms with E-state index in [0.29, 0.717) is 23.7 Å². The molecule has 0 bridgehead atoms. The fourth-order valence-electron chi connectivity index (χ4n) is 4.56. The molecule has 0 aliphatic heterocycles. The van der Waals surface area contributed by atoms with Gasteiger partial charge in [-0.1, -0.05) is 24.3 Å². The molecular formula is C29H28O6. The molecule has 6 nitrogen and oxygen atoms in total. The largest absolute Gasteiger partial charge is 0.497 e. The number of hydrogen-bond acceptors (Lipinski definition) is 6. The van der Waals surface area contributed by atoms with Gasteiger partial charge in [-0.15, -0.1) is 0 Å². The van der Waals surface area contributed by atoms with Crippen LogP contribution in [0.25, 0.3) is 11.0 Å². The average Bonchev–Trinajstić information content (AvgIpc) is 2.91. The zero-order valence-corrected chi connectivity index (χ0v) is 20.0. The highest BCUT2D eigenvalue weighted by Gasteiger charge is 2.22. The van der Waals surface area contributed by atoms with E-state index in [1.807, 2.05) is 60.7 Å². The summed E-state index contributed by atoms with van der Waals surface area (Å²) in [7, 11) is 3.27. The topological polar surface area (TPSA) is 67.1 Å². The summed E-state index contributed by atoms with van der Waals surface area (Å²) < 4.78 is 29.0. The molecule has 4 aromatic rings. The van der Waals surface area contributed by atoms with Crippen LogP contribution in [0.5, 0.6) is 23.0 Å². The molecule has 35 heavy (non-hydrogen) atoms. The molecule has 0 unspecified atom stereocenters. The Hall–Kier alpha value is -3.93. The van der Waals surface area contributed by atoms with Crippen molar-refractivity contribution in [3.63, 3.8) is 0 Å². The monoisotopic (exact) mass is 472 g/mol. The van der Waals surface area contributed by atoms with Crippen LogP contribution in [0, 0.1) is 0 Å². The van der Waals surface area contributed by atoms with E-state index in [1.54, 1.807) is 14.2 Å². The first-order valence-electron chi connectivity index (χ1n) is 11.8. The SMILES string of the molecule is COc1cccc(COc2ccc3c4c(c(=O)oc3c2OCc2cccc(OC)c2)CCCC4)c1. The fourth-order valence-corrected chi connectivity index (χ4v) is 4.56. The molecule has 3 aromatic carbocycles. The van der Waals surface area contributed by atoms with E-state index in [2.05, 4.69) is 0 Å². The molecule has 0 N–H and O–H groups in total. The number of ether oxygens (including phenoxy) is 4. The molecule has 0 fully saturated rings. The molecule has 0 saturated carbocycles. The molecule has 6 heteroatoms. The normalized spacial score (nSPS) is 12.7. The van der Waals surface area contributed by atoms with Crippen molar-refractivity contribution in [1.29, 1.82) is 0 Å². The van der Waals surface area contributed by atoms with Crippen LogP contribution in [0.3, 0.4) is 0 Å². The minimum absolute atomic E-state index is 0.270. The van der Waals surface area contributed by atoms with Gasteiger partial charge in [0.05, 0.1) is 14.2 Å². The summed E-state index contributed by atoms with van der Waals surface area (Å²) in [4.78, 5) is 12.9. The molecule has 1 aliphatic rings. The standard InChI is InChI=1S/C29H28O6/c1-31-21-9-5-7-19(15-21)17-33-26-14-13-24-23-11-3-4-12-25(23)29(30)35-27(24)28(26)34-18-20-8-6-10-22(16-20)32-2/h5-10,13-16H,3-4,11-12,17-18H2,1-2H3. The molecule has 0 spiro atoms. The summed E-state index contributed by atoms with van der Waals surface area (Å²) in [6, 6.07) is 19.3. The quantitative estimate of drug-likeness (QED) is 0.300. The second-order valence-corrected chi connectivity index (χ2v) is 8.60. The molecule has 5 rings (SSSR count). The van der Waals surface area contributed by atoms with Gasteiger partial charge < -0.3 is 23.4 Å². The molecule has 0 amide bonds. The number of benzene rings is 3. The first kappa shape index (κ1) is 22.8. The third kappa shape index (κ3) is 4.83. The van der Waals surface area contributed by atoms with Crippen molar-refractivity contribution in [1.82, 2.24) is 0 Å². The Kier molecular flexibility index (Phi) is 6.62. The molecule has 0 atom stereocenters. The smallest absolute Gasteiger partial charge is 0.339 e. The zero-order valence-electron chi connectivity index (χ0n) is 20.0. The van der Waals surface area contributed by atoms with Crippen molar-refractivity contribution >= 4 is 11.0 Å². The summed E-state index contributed by atoms with van der Waals surface area (Å²) in [5.74, 6) is 2.46. The molecule has 0 saturated heterocycles. The number of rotatable bonds is 8. The average molecular weight is 473 g/mol. The summed E-state index contributed by atoms with van der Waals surface area (Å²) in [5.41, 5.74) is 3.88. The van der Waals surface area contributed by atoms with E-state index in [9.17, 15) is 4.79 Å². The van der Waals surface area contributed by atoms with Gasteiger partial charge in [0.25, 0.3) is 0 Å². The Morgan fingerprint density at radius 2 is 1.40 bits per heavy atom. The van der Waals surface area contributed by atoms with Gasteiger partial charge in [0.15, 0.2) is 11.3 Å². The van der Waals surface area contributed by atoms with Gasteiger partial charge in [0.1, 0.15) is 24.7 Å². The highest BCUT2D eigenvalue weighted by molar-refractivity contribution is 5.89. The Bertz CT molecular complexity index is 1400. The van der Waals surface area contributed by atoms with Crippen LogP contribution in [0.4, 0.5) is 0 Å². The summed E-state index contributed by atoms with van der Waals surface area (Å²) in [5, 5.41) is 0.911. The van der Waals surface area contributed by atoms with Crippen LogP contribution >= 0.6 is 0 Å². The van der Waals surface area contributed by atoms with E-state index in [0.717, 1.165) is 64.8 Å². The number of fused-ring (bicyclic) bond motifs is 3. The first-order chi connectivity index (χ1) is 17.2. The first-order valence-corrected chi connectivity index (χ1v) is 11.8. The van der Waals surface area contributed by atoms with Crippen molar-refractivity contribution in [2.24, 2.45) is 0 Å². The third-order valence-electron chi connectivity index (χ3n) is 6.36. The molecule has 1 aliphatic carbocycles. The summed E-state index contributed by atoms with van der Waals surface area (Å²) >= 11 is 0. The van der Waals surface area contributed by atoms with E-state index < -0.39 is 0 Å². The lowest BCUT2D eigenvalue weighted by Gasteiger charge is -2.19. The highest BCUT2D eigenvalue weighted by Crippen LogP contribution is 2.39. The van der Waals surface area contributed by atoms with Crippen LogP contribution in [-0.2, 0) is 26.1 Å². The Labute approximate surface area is 204 Å². The van der Waals surface area contributed by atoms with E-state index in [4.69, 9.17) is 23.4 Å². The molecule has 0 radical (unpaired) electrons. The lowest BCUT2D eigenvalue weighted by atomic mass is 9.90. The molecule has 1 aromatic heterocycles. The van der Waals surface area contributed by atoms with Gasteiger partial charge in [-0.3, -0.25) is 0 Å². The third-order valence-corrected chi connectivity index (χ3v) is 6.36. The van der Waals surface area contributed by atoms with Gasteiger partial charge in [-0.05, 0) is 78.8 Å². The number of methoxy groups -OCH3 is 2. The predicted octanol–water partition coefficient (Wildman–Crippen LogP) is 5.85. The van der Waals surface area contributed by atoms with Crippen LogP contribution in [0.15, 0.2) is 69.9 Å². The Balaban J connectivity index is 1.53. The van der Waals surface area contributed by atoms with Gasteiger partial charge in [0.2, 0.25) is 5.75 Å². The maximum Gasteiger partial charge on any atom is 0.339 e.